The van der Waals surface area contributed by atoms with Gasteiger partial charge in [0.15, 0.2) is 0 Å². The Morgan fingerprint density at radius 3 is 2.24 bits per heavy atom. The van der Waals surface area contributed by atoms with Gasteiger partial charge >= 0.3 is 0 Å². The first-order chi connectivity index (χ1) is 8.20. The van der Waals surface area contributed by atoms with E-state index in [1.807, 2.05) is 0 Å². The van der Waals surface area contributed by atoms with Crippen LogP contribution in [0, 0.1) is 11.8 Å². The van der Waals surface area contributed by atoms with Crippen LogP contribution < -0.4 is 0 Å². The summed E-state index contributed by atoms with van der Waals surface area (Å²) in [7, 11) is 0. The molecule has 2 heteroatoms. The van der Waals surface area contributed by atoms with Gasteiger partial charge in [-0.15, -0.1) is 0 Å². The first-order valence-electron chi connectivity index (χ1n) is 7.43. The van der Waals surface area contributed by atoms with E-state index in [0.717, 1.165) is 12.5 Å². The highest BCUT2D eigenvalue weighted by Gasteiger charge is 2.45. The van der Waals surface area contributed by atoms with Crippen molar-refractivity contribution in [2.24, 2.45) is 11.8 Å². The molecule has 4 atom stereocenters. The van der Waals surface area contributed by atoms with Gasteiger partial charge in [-0.2, -0.15) is 0 Å². The van der Waals surface area contributed by atoms with Crippen molar-refractivity contribution in [3.63, 3.8) is 0 Å². The number of rotatable bonds is 3. The molecule has 2 aliphatic rings. The Morgan fingerprint density at radius 2 is 1.76 bits per heavy atom. The Bertz CT molecular complexity index is 260. The van der Waals surface area contributed by atoms with Crippen molar-refractivity contribution in [1.29, 1.82) is 0 Å². The van der Waals surface area contributed by atoms with Crippen molar-refractivity contribution in [2.75, 3.05) is 0 Å². The van der Waals surface area contributed by atoms with Crippen LogP contribution in [-0.2, 0) is 4.79 Å². The van der Waals surface area contributed by atoms with Crippen LogP contribution in [0.25, 0.3) is 0 Å². The van der Waals surface area contributed by atoms with Gasteiger partial charge in [-0.3, -0.25) is 4.90 Å². The van der Waals surface area contributed by atoms with Crippen molar-refractivity contribution < 1.29 is 4.79 Å². The highest BCUT2D eigenvalue weighted by atomic mass is 16.1. The zero-order valence-corrected chi connectivity index (χ0v) is 11.6. The van der Waals surface area contributed by atoms with E-state index in [1.54, 1.807) is 0 Å². The third kappa shape index (κ3) is 2.29. The van der Waals surface area contributed by atoms with Gasteiger partial charge in [0.05, 0.1) is 0 Å². The minimum absolute atomic E-state index is 0.261. The molecule has 0 aromatic heterocycles. The van der Waals surface area contributed by atoms with Crippen LogP contribution in [0.4, 0.5) is 0 Å². The Kier molecular flexibility index (Phi) is 4.24. The molecule has 0 radical (unpaired) electrons. The van der Waals surface area contributed by atoms with E-state index in [9.17, 15) is 4.79 Å². The molecule has 17 heavy (non-hydrogen) atoms. The van der Waals surface area contributed by atoms with E-state index in [1.165, 1.54) is 38.4 Å². The van der Waals surface area contributed by atoms with E-state index >= 15 is 0 Å². The van der Waals surface area contributed by atoms with Gasteiger partial charge in [0.25, 0.3) is 0 Å². The number of carbonyl (C=O) groups is 1. The lowest BCUT2D eigenvalue weighted by molar-refractivity contribution is -0.112. The molecule has 0 aromatic carbocycles. The molecule has 98 valence electrons. The van der Waals surface area contributed by atoms with Crippen molar-refractivity contribution in [2.45, 2.75) is 77.4 Å². The Hall–Kier alpha value is -0.370. The standard InChI is InChI=1S/C15H27NO/c1-4-14-11(2)16(12(3)15(14)10-17)13-8-6-5-7-9-13/h10-15H,4-9H2,1-3H3. The topological polar surface area (TPSA) is 20.3 Å². The average Bonchev–Trinajstić information content (AvgIpc) is 2.60. The van der Waals surface area contributed by atoms with E-state index < -0.39 is 0 Å². The molecule has 0 spiro atoms. The summed E-state index contributed by atoms with van der Waals surface area (Å²) < 4.78 is 0. The maximum Gasteiger partial charge on any atom is 0.124 e. The van der Waals surface area contributed by atoms with Crippen LogP contribution in [-0.4, -0.2) is 29.3 Å². The molecule has 2 nitrogen and oxygen atoms in total. The molecule has 0 bridgehead atoms. The van der Waals surface area contributed by atoms with Gasteiger partial charge in [-0.1, -0.05) is 32.6 Å². The lowest BCUT2D eigenvalue weighted by atomic mass is 9.87. The van der Waals surface area contributed by atoms with Gasteiger partial charge in [-0.05, 0) is 32.6 Å². The number of hydrogen-bond donors (Lipinski definition) is 0. The molecule has 1 aliphatic carbocycles. The average molecular weight is 237 g/mol. The summed E-state index contributed by atoms with van der Waals surface area (Å²) in [5.74, 6) is 0.835. The SMILES string of the molecule is CCC1C(C=O)C(C)N(C2CCCCC2)C1C. The fourth-order valence-corrected chi connectivity index (χ4v) is 4.34. The molecule has 0 amide bonds. The number of hydrogen-bond acceptors (Lipinski definition) is 2. The Balaban J connectivity index is 2.13. The molecular weight excluding hydrogens is 210 g/mol. The molecule has 0 aromatic rings. The summed E-state index contributed by atoms with van der Waals surface area (Å²) in [5.41, 5.74) is 0. The molecule has 2 rings (SSSR count). The largest absolute Gasteiger partial charge is 0.303 e. The predicted molar refractivity (Wildman–Crippen MR) is 71.0 cm³/mol. The molecule has 1 saturated carbocycles. The summed E-state index contributed by atoms with van der Waals surface area (Å²) in [5, 5.41) is 0. The van der Waals surface area contributed by atoms with Crippen LogP contribution in [0.2, 0.25) is 0 Å². The summed E-state index contributed by atoms with van der Waals surface area (Å²) in [6.07, 6.45) is 9.21. The first kappa shape index (κ1) is 13.1. The minimum Gasteiger partial charge on any atom is -0.303 e. The zero-order valence-electron chi connectivity index (χ0n) is 11.6. The second-order valence-electron chi connectivity index (χ2n) is 6.01. The number of carbonyl (C=O) groups excluding carboxylic acids is 1. The van der Waals surface area contributed by atoms with Crippen LogP contribution in [0.5, 0.6) is 0 Å². The van der Waals surface area contributed by atoms with E-state index in [2.05, 4.69) is 25.7 Å². The number of aldehydes is 1. The number of likely N-dealkylation sites (tertiary alicyclic amines) is 1. The molecule has 1 heterocycles. The maximum absolute atomic E-state index is 11.3. The van der Waals surface area contributed by atoms with Crippen LogP contribution in [0.1, 0.15) is 59.3 Å². The molecule has 1 aliphatic heterocycles. The Labute approximate surface area is 106 Å². The van der Waals surface area contributed by atoms with Crippen LogP contribution in [0.15, 0.2) is 0 Å². The molecule has 2 fully saturated rings. The van der Waals surface area contributed by atoms with Gasteiger partial charge in [-0.25, -0.2) is 0 Å². The molecular formula is C15H27NO. The van der Waals surface area contributed by atoms with Crippen molar-refractivity contribution in [3.8, 4) is 0 Å². The van der Waals surface area contributed by atoms with Crippen molar-refractivity contribution in [1.82, 2.24) is 4.90 Å². The highest BCUT2D eigenvalue weighted by molar-refractivity contribution is 5.56. The monoisotopic (exact) mass is 237 g/mol. The quantitative estimate of drug-likeness (QED) is 0.702. The lowest BCUT2D eigenvalue weighted by Crippen LogP contribution is -2.44. The van der Waals surface area contributed by atoms with Gasteiger partial charge in [0.2, 0.25) is 0 Å². The maximum atomic E-state index is 11.3. The minimum atomic E-state index is 0.261. The summed E-state index contributed by atoms with van der Waals surface area (Å²) in [6, 6.07) is 1.79. The summed E-state index contributed by atoms with van der Waals surface area (Å²) in [6.45, 7) is 6.83. The third-order valence-corrected chi connectivity index (χ3v) is 5.24. The fraction of sp³-hybridized carbons (Fsp3) is 0.933. The van der Waals surface area contributed by atoms with Crippen molar-refractivity contribution >= 4 is 6.29 Å². The summed E-state index contributed by atoms with van der Waals surface area (Å²) in [4.78, 5) is 14.0. The highest BCUT2D eigenvalue weighted by Crippen LogP contribution is 2.40. The van der Waals surface area contributed by atoms with Crippen molar-refractivity contribution in [3.05, 3.63) is 0 Å². The van der Waals surface area contributed by atoms with Crippen LogP contribution in [0.3, 0.4) is 0 Å². The van der Waals surface area contributed by atoms with E-state index in [0.29, 0.717) is 18.0 Å². The van der Waals surface area contributed by atoms with Gasteiger partial charge in [0, 0.05) is 24.0 Å². The number of nitrogens with zero attached hydrogens (tertiary/aromatic N) is 1. The second-order valence-corrected chi connectivity index (χ2v) is 6.01. The summed E-state index contributed by atoms with van der Waals surface area (Å²) >= 11 is 0. The molecule has 4 unspecified atom stereocenters. The van der Waals surface area contributed by atoms with Gasteiger partial charge < -0.3 is 4.79 Å². The zero-order chi connectivity index (χ0) is 12.4. The lowest BCUT2D eigenvalue weighted by Gasteiger charge is -2.38. The normalized spacial score (nSPS) is 40.6. The van der Waals surface area contributed by atoms with Gasteiger partial charge in [0.1, 0.15) is 6.29 Å². The first-order valence-corrected chi connectivity index (χ1v) is 7.43. The molecule has 1 saturated heterocycles. The fourth-order valence-electron chi connectivity index (χ4n) is 4.34. The molecule has 0 N–H and O–H groups in total. The third-order valence-electron chi connectivity index (χ3n) is 5.24. The van der Waals surface area contributed by atoms with E-state index in [4.69, 9.17) is 0 Å². The van der Waals surface area contributed by atoms with E-state index in [-0.39, 0.29) is 5.92 Å². The second kappa shape index (κ2) is 5.51. The smallest absolute Gasteiger partial charge is 0.124 e. The Morgan fingerprint density at radius 1 is 1.12 bits per heavy atom. The van der Waals surface area contributed by atoms with Crippen LogP contribution >= 0.6 is 0 Å². The predicted octanol–water partition coefficient (Wildman–Crippen LogP) is 3.25.